The molecule has 0 radical (unpaired) electrons. The molecule has 0 bridgehead atoms. The van der Waals surface area contributed by atoms with Crippen molar-refractivity contribution in [1.29, 1.82) is 0 Å². The van der Waals surface area contributed by atoms with Gasteiger partial charge in [0.05, 0.1) is 6.61 Å². The Hall–Kier alpha value is -1.06. The number of hydrogen-bond acceptors (Lipinski definition) is 3. The van der Waals surface area contributed by atoms with Gasteiger partial charge in [0.15, 0.2) is 0 Å². The van der Waals surface area contributed by atoms with E-state index in [0.717, 1.165) is 31.7 Å². The predicted octanol–water partition coefficient (Wildman–Crippen LogP) is 2.26. The van der Waals surface area contributed by atoms with E-state index in [1.165, 1.54) is 11.1 Å². The molecule has 1 aromatic rings. The zero-order valence-electron chi connectivity index (χ0n) is 11.3. The number of aliphatic hydroxyl groups excluding tert-OH is 1. The summed E-state index contributed by atoms with van der Waals surface area (Å²) in [6.45, 7) is 6.86. The quantitative estimate of drug-likeness (QED) is 0.779. The van der Waals surface area contributed by atoms with Crippen LogP contribution < -0.4 is 10.1 Å². The molecule has 3 heteroatoms. The van der Waals surface area contributed by atoms with Gasteiger partial charge < -0.3 is 15.2 Å². The van der Waals surface area contributed by atoms with E-state index in [4.69, 9.17) is 4.74 Å². The smallest absolute Gasteiger partial charge is 0.122 e. The number of rotatable bonds is 7. The second kappa shape index (κ2) is 5.72. The fourth-order valence-electron chi connectivity index (χ4n) is 2.18. The molecule has 1 saturated carbocycles. The molecule has 0 atom stereocenters. The molecule has 0 saturated heterocycles. The lowest BCUT2D eigenvalue weighted by atomic mass is 10.1. The van der Waals surface area contributed by atoms with Gasteiger partial charge in [-0.1, -0.05) is 12.1 Å². The Bertz CT molecular complexity index is 399. The molecule has 1 aromatic carbocycles. The molecule has 18 heavy (non-hydrogen) atoms. The second-order valence-corrected chi connectivity index (χ2v) is 5.29. The van der Waals surface area contributed by atoms with E-state index < -0.39 is 0 Å². The maximum atomic E-state index is 9.24. The number of benzene rings is 1. The predicted molar refractivity (Wildman–Crippen MR) is 72.8 cm³/mol. The normalized spacial score (nSPS) is 16.6. The molecular formula is C15H23NO2. The van der Waals surface area contributed by atoms with Gasteiger partial charge in [-0.15, -0.1) is 0 Å². The summed E-state index contributed by atoms with van der Waals surface area (Å²) in [6.07, 6.45) is 2.30. The van der Waals surface area contributed by atoms with Gasteiger partial charge in [-0.05, 0) is 43.9 Å². The third kappa shape index (κ3) is 3.24. The average Bonchev–Trinajstić information content (AvgIpc) is 3.13. The number of aliphatic hydroxyl groups is 1. The van der Waals surface area contributed by atoms with Crippen LogP contribution in [0.3, 0.4) is 0 Å². The summed E-state index contributed by atoms with van der Waals surface area (Å²) in [7, 11) is 0. The van der Waals surface area contributed by atoms with Gasteiger partial charge in [0, 0.05) is 25.1 Å². The molecule has 0 unspecified atom stereocenters. The van der Waals surface area contributed by atoms with Crippen molar-refractivity contribution >= 4 is 0 Å². The molecule has 0 heterocycles. The Morgan fingerprint density at radius 2 is 2.17 bits per heavy atom. The molecule has 2 rings (SSSR count). The van der Waals surface area contributed by atoms with Crippen molar-refractivity contribution in [3.8, 4) is 5.75 Å². The third-order valence-electron chi connectivity index (χ3n) is 3.66. The molecule has 3 nitrogen and oxygen atoms in total. The van der Waals surface area contributed by atoms with E-state index in [-0.39, 0.29) is 5.41 Å². The maximum absolute atomic E-state index is 9.24. The molecule has 0 aliphatic heterocycles. The highest BCUT2D eigenvalue weighted by Crippen LogP contribution is 2.44. The summed E-state index contributed by atoms with van der Waals surface area (Å²) in [5.74, 6) is 0.968. The monoisotopic (exact) mass is 249 g/mol. The molecular weight excluding hydrogens is 226 g/mol. The van der Waals surface area contributed by atoms with Crippen molar-refractivity contribution in [2.24, 2.45) is 5.41 Å². The second-order valence-electron chi connectivity index (χ2n) is 5.29. The average molecular weight is 249 g/mol. The summed E-state index contributed by atoms with van der Waals surface area (Å²) < 4.78 is 5.52. The van der Waals surface area contributed by atoms with Gasteiger partial charge in [0.1, 0.15) is 5.75 Å². The van der Waals surface area contributed by atoms with Gasteiger partial charge in [0.25, 0.3) is 0 Å². The largest absolute Gasteiger partial charge is 0.494 e. The first kappa shape index (κ1) is 13.4. The van der Waals surface area contributed by atoms with E-state index in [1.54, 1.807) is 0 Å². The van der Waals surface area contributed by atoms with Crippen LogP contribution in [0.25, 0.3) is 0 Å². The van der Waals surface area contributed by atoms with Crippen LogP contribution in [0.1, 0.15) is 30.9 Å². The molecule has 1 fully saturated rings. The molecule has 2 N–H and O–H groups in total. The van der Waals surface area contributed by atoms with Crippen molar-refractivity contribution in [1.82, 2.24) is 5.32 Å². The van der Waals surface area contributed by atoms with E-state index in [1.807, 2.05) is 13.0 Å². The van der Waals surface area contributed by atoms with Gasteiger partial charge in [-0.25, -0.2) is 0 Å². The third-order valence-corrected chi connectivity index (χ3v) is 3.66. The summed E-state index contributed by atoms with van der Waals surface area (Å²) >= 11 is 0. The van der Waals surface area contributed by atoms with Crippen LogP contribution in [0.4, 0.5) is 0 Å². The fraction of sp³-hybridized carbons (Fsp3) is 0.600. The highest BCUT2D eigenvalue weighted by molar-refractivity contribution is 5.36. The van der Waals surface area contributed by atoms with Crippen LogP contribution in [0.15, 0.2) is 18.2 Å². The van der Waals surface area contributed by atoms with Crippen LogP contribution >= 0.6 is 0 Å². The van der Waals surface area contributed by atoms with E-state index in [0.29, 0.717) is 13.2 Å². The Morgan fingerprint density at radius 1 is 1.39 bits per heavy atom. The van der Waals surface area contributed by atoms with Gasteiger partial charge in [-0.2, -0.15) is 0 Å². The minimum atomic E-state index is 0.181. The van der Waals surface area contributed by atoms with Gasteiger partial charge in [0.2, 0.25) is 0 Å². The first-order chi connectivity index (χ1) is 8.69. The van der Waals surface area contributed by atoms with Crippen LogP contribution in [-0.4, -0.2) is 24.9 Å². The Morgan fingerprint density at radius 3 is 2.72 bits per heavy atom. The number of ether oxygens (including phenoxy) is 1. The molecule has 1 aliphatic rings. The summed E-state index contributed by atoms with van der Waals surface area (Å²) in [5, 5.41) is 12.7. The molecule has 100 valence electrons. The minimum absolute atomic E-state index is 0.181. The maximum Gasteiger partial charge on any atom is 0.122 e. The van der Waals surface area contributed by atoms with Crippen LogP contribution in [0.5, 0.6) is 5.75 Å². The molecule has 0 amide bonds. The van der Waals surface area contributed by atoms with Crippen molar-refractivity contribution in [2.75, 3.05) is 19.8 Å². The first-order valence-corrected chi connectivity index (χ1v) is 6.73. The van der Waals surface area contributed by atoms with Crippen molar-refractivity contribution in [3.05, 3.63) is 29.3 Å². The highest BCUT2D eigenvalue weighted by Gasteiger charge is 2.41. The molecule has 1 aliphatic carbocycles. The topological polar surface area (TPSA) is 41.5 Å². The van der Waals surface area contributed by atoms with Crippen molar-refractivity contribution in [3.63, 3.8) is 0 Å². The number of hydrogen-bond donors (Lipinski definition) is 2. The zero-order chi connectivity index (χ0) is 13.0. The number of nitrogens with one attached hydrogen (secondary N) is 1. The Kier molecular flexibility index (Phi) is 4.25. The summed E-state index contributed by atoms with van der Waals surface area (Å²) in [4.78, 5) is 0. The van der Waals surface area contributed by atoms with Gasteiger partial charge >= 0.3 is 0 Å². The van der Waals surface area contributed by atoms with Crippen LogP contribution in [-0.2, 0) is 6.54 Å². The standard InChI is InChI=1S/C15H23NO2/c1-3-18-14-5-4-13(8-12(14)2)9-16-10-15(11-17)6-7-15/h4-5,8,16-17H,3,6-7,9-11H2,1-2H3. The lowest BCUT2D eigenvalue weighted by molar-refractivity contribution is 0.207. The van der Waals surface area contributed by atoms with Crippen molar-refractivity contribution in [2.45, 2.75) is 33.2 Å². The van der Waals surface area contributed by atoms with E-state index in [9.17, 15) is 5.11 Å². The van der Waals surface area contributed by atoms with Gasteiger partial charge in [-0.3, -0.25) is 0 Å². The SMILES string of the molecule is CCOc1ccc(CNCC2(CO)CC2)cc1C. The van der Waals surface area contributed by atoms with Crippen LogP contribution in [0, 0.1) is 12.3 Å². The van der Waals surface area contributed by atoms with Crippen LogP contribution in [0.2, 0.25) is 0 Å². The highest BCUT2D eigenvalue weighted by atomic mass is 16.5. The Labute approximate surface area is 109 Å². The molecule has 0 spiro atoms. The molecule has 0 aromatic heterocycles. The summed E-state index contributed by atoms with van der Waals surface area (Å²) in [5.41, 5.74) is 2.63. The lowest BCUT2D eigenvalue weighted by Crippen LogP contribution is -2.26. The lowest BCUT2D eigenvalue weighted by Gasteiger charge is -2.13. The Balaban J connectivity index is 1.84. The van der Waals surface area contributed by atoms with E-state index >= 15 is 0 Å². The zero-order valence-corrected chi connectivity index (χ0v) is 11.3. The fourth-order valence-corrected chi connectivity index (χ4v) is 2.18. The first-order valence-electron chi connectivity index (χ1n) is 6.73. The van der Waals surface area contributed by atoms with E-state index in [2.05, 4.69) is 24.4 Å². The summed E-state index contributed by atoms with van der Waals surface area (Å²) in [6, 6.07) is 6.30. The minimum Gasteiger partial charge on any atom is -0.494 e. The number of aryl methyl sites for hydroxylation is 1. The van der Waals surface area contributed by atoms with Crippen molar-refractivity contribution < 1.29 is 9.84 Å².